The van der Waals surface area contributed by atoms with Gasteiger partial charge in [0.05, 0.1) is 24.4 Å². The number of hydrogen-bond donors (Lipinski definition) is 0. The van der Waals surface area contributed by atoms with Gasteiger partial charge in [0.1, 0.15) is 29.7 Å². The molecule has 1 aromatic heterocycles. The number of rotatable bonds is 13. The quantitative estimate of drug-likeness (QED) is 0.112. The van der Waals surface area contributed by atoms with Crippen LogP contribution in [0.25, 0.3) is 6.08 Å². The summed E-state index contributed by atoms with van der Waals surface area (Å²) in [6.45, 7) is 7.90. The van der Waals surface area contributed by atoms with Gasteiger partial charge in [-0.05, 0) is 114 Å². The molecule has 1 saturated heterocycles. The van der Waals surface area contributed by atoms with Crippen molar-refractivity contribution >= 4 is 23.6 Å². The van der Waals surface area contributed by atoms with Gasteiger partial charge in [-0.1, -0.05) is 35.9 Å². The van der Waals surface area contributed by atoms with Gasteiger partial charge < -0.3 is 19.1 Å². The van der Waals surface area contributed by atoms with E-state index in [-0.39, 0.29) is 11.7 Å². The lowest BCUT2D eigenvalue weighted by atomic mass is 10.1. The molecule has 0 N–H and O–H groups in total. The highest BCUT2D eigenvalue weighted by atomic mass is 35.5. The lowest BCUT2D eigenvalue weighted by molar-refractivity contribution is -0.127. The molecule has 6 rings (SSSR count). The second-order valence-corrected chi connectivity index (χ2v) is 13.4. The molecule has 1 aliphatic rings. The molecule has 1 aliphatic heterocycles. The van der Waals surface area contributed by atoms with Crippen LogP contribution in [-0.2, 0) is 24.4 Å². The number of carbonyl (C=O) groups excluding carboxylic acids is 1. The SMILES string of the molecule is Cc1cc(C=CC(=O)N2CCN(Cc3ccc(CCOc4ccc(Cl)cc4)c(F)c3)CC2)cc(C)c1Oc1ccc(OCc2ccc(C#N)cc2)cn1. The Morgan fingerprint density at radius 2 is 1.58 bits per heavy atom. The van der Waals surface area contributed by atoms with Gasteiger partial charge in [-0.15, -0.1) is 0 Å². The Hall–Kier alpha value is -5.69. The van der Waals surface area contributed by atoms with Gasteiger partial charge in [-0.25, -0.2) is 9.37 Å². The molecule has 0 unspecified atom stereocenters. The second kappa shape index (κ2) is 17.7. The molecule has 1 fully saturated rings. The van der Waals surface area contributed by atoms with Gasteiger partial charge in [0.2, 0.25) is 11.8 Å². The Bertz CT molecular complexity index is 2070. The number of aryl methyl sites for hydroxylation is 2. The molecule has 0 spiro atoms. The van der Waals surface area contributed by atoms with E-state index in [1.54, 1.807) is 66.9 Å². The van der Waals surface area contributed by atoms with Crippen LogP contribution in [-0.4, -0.2) is 53.5 Å². The summed E-state index contributed by atoms with van der Waals surface area (Å²) in [6, 6.07) is 29.4. The minimum absolute atomic E-state index is 0.0396. The molecule has 1 amide bonds. The predicted octanol–water partition coefficient (Wildman–Crippen LogP) is 8.71. The van der Waals surface area contributed by atoms with Crippen LogP contribution in [0.5, 0.6) is 23.1 Å². The fraction of sp³-hybridized carbons (Fsp3) is 0.233. The Labute approximate surface area is 314 Å². The van der Waals surface area contributed by atoms with Gasteiger partial charge in [0.15, 0.2) is 0 Å². The minimum Gasteiger partial charge on any atom is -0.493 e. The van der Waals surface area contributed by atoms with Crippen LogP contribution >= 0.6 is 11.6 Å². The second-order valence-electron chi connectivity index (χ2n) is 12.9. The number of pyridine rings is 1. The summed E-state index contributed by atoms with van der Waals surface area (Å²) in [5.74, 6) is 2.18. The average molecular weight is 731 g/mol. The number of nitrogens with zero attached hydrogens (tertiary/aromatic N) is 4. The van der Waals surface area contributed by atoms with Crippen molar-refractivity contribution in [3.8, 4) is 29.2 Å². The van der Waals surface area contributed by atoms with Gasteiger partial charge in [-0.3, -0.25) is 9.69 Å². The van der Waals surface area contributed by atoms with E-state index in [1.165, 1.54) is 0 Å². The molecule has 0 saturated carbocycles. The van der Waals surface area contributed by atoms with E-state index < -0.39 is 0 Å². The maximum absolute atomic E-state index is 14.9. The van der Waals surface area contributed by atoms with Crippen LogP contribution in [0.1, 0.15) is 38.9 Å². The molecule has 270 valence electrons. The number of piperazine rings is 1. The molecule has 0 atom stereocenters. The monoisotopic (exact) mass is 730 g/mol. The third-order valence-electron chi connectivity index (χ3n) is 8.97. The molecule has 2 heterocycles. The molecule has 0 aliphatic carbocycles. The van der Waals surface area contributed by atoms with Gasteiger partial charge >= 0.3 is 0 Å². The molecule has 10 heteroatoms. The zero-order valence-corrected chi connectivity index (χ0v) is 30.5. The van der Waals surface area contributed by atoms with E-state index >= 15 is 0 Å². The standard InChI is InChI=1S/C43H40ClFN4O4/c1-30-23-34(24-31(2)43(30)53-41-15-14-39(27-47-41)52-29-33-5-3-32(26-46)4-6-33)8-16-42(50)49-20-18-48(19-21-49)28-35-7-9-36(40(45)25-35)17-22-51-38-12-10-37(44)11-13-38/h3-16,23-25,27H,17-22,28-29H2,1-2H3. The summed E-state index contributed by atoms with van der Waals surface area (Å²) in [5, 5.41) is 9.60. The van der Waals surface area contributed by atoms with Crippen LogP contribution in [0, 0.1) is 31.0 Å². The largest absolute Gasteiger partial charge is 0.493 e. The van der Waals surface area contributed by atoms with Crippen molar-refractivity contribution in [2.45, 2.75) is 33.4 Å². The van der Waals surface area contributed by atoms with Crippen LogP contribution < -0.4 is 14.2 Å². The van der Waals surface area contributed by atoms with Crippen molar-refractivity contribution in [3.63, 3.8) is 0 Å². The summed E-state index contributed by atoms with van der Waals surface area (Å²) in [7, 11) is 0. The number of amides is 1. The first-order chi connectivity index (χ1) is 25.7. The van der Waals surface area contributed by atoms with Crippen molar-refractivity contribution in [1.82, 2.24) is 14.8 Å². The summed E-state index contributed by atoms with van der Waals surface area (Å²) in [5.41, 5.74) is 5.82. The molecular formula is C43H40ClFN4O4. The van der Waals surface area contributed by atoms with Crippen LogP contribution in [0.3, 0.4) is 0 Å². The van der Waals surface area contributed by atoms with Gasteiger partial charge in [0, 0.05) is 56.3 Å². The highest BCUT2D eigenvalue weighted by Crippen LogP contribution is 2.30. The smallest absolute Gasteiger partial charge is 0.246 e. The van der Waals surface area contributed by atoms with Gasteiger partial charge in [-0.2, -0.15) is 5.26 Å². The zero-order chi connectivity index (χ0) is 37.2. The third kappa shape index (κ3) is 10.4. The Morgan fingerprint density at radius 3 is 2.25 bits per heavy atom. The van der Waals surface area contributed by atoms with Crippen molar-refractivity contribution in [2.24, 2.45) is 0 Å². The van der Waals surface area contributed by atoms with Crippen LogP contribution in [0.4, 0.5) is 4.39 Å². The highest BCUT2D eigenvalue weighted by Gasteiger charge is 2.20. The van der Waals surface area contributed by atoms with E-state index in [2.05, 4.69) is 16.0 Å². The van der Waals surface area contributed by atoms with Crippen molar-refractivity contribution in [3.05, 3.63) is 153 Å². The van der Waals surface area contributed by atoms with Crippen LogP contribution in [0.15, 0.2) is 103 Å². The average Bonchev–Trinajstić information content (AvgIpc) is 3.17. The normalized spacial score (nSPS) is 13.2. The minimum atomic E-state index is -0.236. The maximum Gasteiger partial charge on any atom is 0.246 e. The van der Waals surface area contributed by atoms with Gasteiger partial charge in [0.25, 0.3) is 0 Å². The summed E-state index contributed by atoms with van der Waals surface area (Å²) in [4.78, 5) is 21.6. The molecule has 0 bridgehead atoms. The number of hydrogen-bond acceptors (Lipinski definition) is 7. The molecule has 53 heavy (non-hydrogen) atoms. The highest BCUT2D eigenvalue weighted by molar-refractivity contribution is 6.30. The van der Waals surface area contributed by atoms with Crippen LogP contribution in [0.2, 0.25) is 5.02 Å². The summed E-state index contributed by atoms with van der Waals surface area (Å²) >= 11 is 5.91. The van der Waals surface area contributed by atoms with Crippen molar-refractivity contribution < 1.29 is 23.4 Å². The lowest BCUT2D eigenvalue weighted by Gasteiger charge is -2.34. The fourth-order valence-electron chi connectivity index (χ4n) is 6.06. The fourth-order valence-corrected chi connectivity index (χ4v) is 6.19. The van der Waals surface area contributed by atoms with E-state index in [0.29, 0.717) is 91.6 Å². The molecular weight excluding hydrogens is 691 g/mol. The van der Waals surface area contributed by atoms with E-state index in [9.17, 15) is 9.18 Å². The van der Waals surface area contributed by atoms with E-state index in [0.717, 1.165) is 27.8 Å². The molecule has 4 aromatic carbocycles. The maximum atomic E-state index is 14.9. The first kappa shape index (κ1) is 37.1. The number of benzene rings is 4. The first-order valence-corrected chi connectivity index (χ1v) is 17.8. The first-order valence-electron chi connectivity index (χ1n) is 17.4. The number of halogens is 2. The molecule has 8 nitrogen and oxygen atoms in total. The zero-order valence-electron chi connectivity index (χ0n) is 29.7. The summed E-state index contributed by atoms with van der Waals surface area (Å²) in [6.07, 6.45) is 5.54. The Balaban J connectivity index is 0.943. The molecule has 0 radical (unpaired) electrons. The Kier molecular flexibility index (Phi) is 12.4. The number of nitriles is 1. The third-order valence-corrected chi connectivity index (χ3v) is 9.22. The van der Waals surface area contributed by atoms with E-state index in [4.69, 9.17) is 31.1 Å². The number of aromatic nitrogens is 1. The van der Waals surface area contributed by atoms with E-state index in [1.807, 2.05) is 61.2 Å². The lowest BCUT2D eigenvalue weighted by Crippen LogP contribution is -2.47. The Morgan fingerprint density at radius 1 is 0.887 bits per heavy atom. The number of ether oxygens (including phenoxy) is 3. The molecule has 5 aromatic rings. The predicted molar refractivity (Wildman–Crippen MR) is 204 cm³/mol. The number of carbonyl (C=O) groups is 1. The van der Waals surface area contributed by atoms with Crippen molar-refractivity contribution in [1.29, 1.82) is 5.26 Å². The topological polar surface area (TPSA) is 87.9 Å². The van der Waals surface area contributed by atoms with Crippen molar-refractivity contribution in [2.75, 3.05) is 32.8 Å². The summed E-state index contributed by atoms with van der Waals surface area (Å²) < 4.78 is 32.5.